The second-order valence-electron chi connectivity index (χ2n) is 4.43. The Kier molecular flexibility index (Phi) is 4.07. The zero-order chi connectivity index (χ0) is 12.3. The third-order valence-corrected chi connectivity index (χ3v) is 3.20. The fourth-order valence-electron chi connectivity index (χ4n) is 1.94. The summed E-state index contributed by atoms with van der Waals surface area (Å²) in [5, 5.41) is 6.06. The molecule has 1 unspecified atom stereocenters. The summed E-state index contributed by atoms with van der Waals surface area (Å²) >= 11 is 0. The molecule has 94 valence electrons. The largest absolute Gasteiger partial charge is 0.314 e. The lowest BCUT2D eigenvalue weighted by Gasteiger charge is -2.32. The molecule has 1 heterocycles. The summed E-state index contributed by atoms with van der Waals surface area (Å²) in [6.45, 7) is 3.60. The minimum absolute atomic E-state index is 0.167. The van der Waals surface area contributed by atoms with E-state index in [0.717, 1.165) is 19.5 Å². The van der Waals surface area contributed by atoms with Gasteiger partial charge in [0.05, 0.1) is 6.04 Å². The van der Waals surface area contributed by atoms with Gasteiger partial charge in [0.1, 0.15) is 0 Å². The van der Waals surface area contributed by atoms with Crippen LogP contribution in [0.3, 0.4) is 0 Å². The predicted octanol–water partition coefficient (Wildman–Crippen LogP) is 2.12. The van der Waals surface area contributed by atoms with Crippen molar-refractivity contribution in [1.82, 2.24) is 10.6 Å². The van der Waals surface area contributed by atoms with Crippen molar-refractivity contribution in [1.29, 1.82) is 0 Å². The van der Waals surface area contributed by atoms with E-state index in [2.05, 4.69) is 17.6 Å². The highest BCUT2D eigenvalue weighted by molar-refractivity contribution is 5.25. The molecule has 0 aromatic heterocycles. The Morgan fingerprint density at radius 2 is 1.94 bits per heavy atom. The molecule has 0 aliphatic carbocycles. The average Bonchev–Trinajstić information content (AvgIpc) is 2.27. The summed E-state index contributed by atoms with van der Waals surface area (Å²) < 4.78 is 26.0. The van der Waals surface area contributed by atoms with Crippen molar-refractivity contribution < 1.29 is 8.78 Å². The van der Waals surface area contributed by atoms with E-state index in [1.165, 1.54) is 5.56 Å². The van der Waals surface area contributed by atoms with Gasteiger partial charge < -0.3 is 5.32 Å². The van der Waals surface area contributed by atoms with Gasteiger partial charge in [-0.2, -0.15) is 0 Å². The first-order chi connectivity index (χ1) is 8.20. The number of nitrogens with one attached hydrogen (secondary N) is 2. The van der Waals surface area contributed by atoms with Crippen molar-refractivity contribution in [2.45, 2.75) is 31.9 Å². The zero-order valence-corrected chi connectivity index (χ0v) is 9.92. The fraction of sp³-hybridized carbons (Fsp3) is 0.538. The number of hydrogen-bond acceptors (Lipinski definition) is 2. The smallest absolute Gasteiger partial charge is 0.257 e. The maximum Gasteiger partial charge on any atom is 0.257 e. The Bertz CT molecular complexity index is 347. The quantitative estimate of drug-likeness (QED) is 0.823. The molecule has 1 aliphatic rings. The van der Waals surface area contributed by atoms with Crippen molar-refractivity contribution >= 4 is 0 Å². The summed E-state index contributed by atoms with van der Waals surface area (Å²) in [6, 6.07) is 6.76. The van der Waals surface area contributed by atoms with Crippen molar-refractivity contribution in [2.24, 2.45) is 0 Å². The lowest BCUT2D eigenvalue weighted by Crippen LogP contribution is -2.56. The predicted molar refractivity (Wildman–Crippen MR) is 64.4 cm³/mol. The Balaban J connectivity index is 2.07. The van der Waals surface area contributed by atoms with Crippen LogP contribution in [-0.2, 0) is 6.42 Å². The number of benzene rings is 1. The SMILES string of the molecule is CCc1ccc(C(NC2CNC2)C(F)F)cc1. The highest BCUT2D eigenvalue weighted by Crippen LogP contribution is 2.22. The molecule has 1 aliphatic heterocycles. The van der Waals surface area contributed by atoms with Gasteiger partial charge in [0.25, 0.3) is 6.43 Å². The van der Waals surface area contributed by atoms with Crippen LogP contribution in [0.2, 0.25) is 0 Å². The van der Waals surface area contributed by atoms with Crippen LogP contribution >= 0.6 is 0 Å². The Hall–Kier alpha value is -1.00. The van der Waals surface area contributed by atoms with Gasteiger partial charge in [-0.15, -0.1) is 0 Å². The summed E-state index contributed by atoms with van der Waals surface area (Å²) in [4.78, 5) is 0. The zero-order valence-electron chi connectivity index (χ0n) is 9.92. The van der Waals surface area contributed by atoms with E-state index < -0.39 is 12.5 Å². The topological polar surface area (TPSA) is 24.1 Å². The summed E-state index contributed by atoms with van der Waals surface area (Å²) in [7, 11) is 0. The first-order valence-electron chi connectivity index (χ1n) is 6.04. The Labute approximate surface area is 100 Å². The minimum atomic E-state index is -2.37. The Morgan fingerprint density at radius 3 is 2.35 bits per heavy atom. The van der Waals surface area contributed by atoms with Crippen LogP contribution in [-0.4, -0.2) is 25.6 Å². The average molecular weight is 240 g/mol. The van der Waals surface area contributed by atoms with Gasteiger partial charge in [0.2, 0.25) is 0 Å². The molecule has 0 spiro atoms. The Morgan fingerprint density at radius 1 is 1.29 bits per heavy atom. The summed E-state index contributed by atoms with van der Waals surface area (Å²) in [5.41, 5.74) is 1.84. The van der Waals surface area contributed by atoms with Gasteiger partial charge in [0.15, 0.2) is 0 Å². The first kappa shape index (κ1) is 12.5. The van der Waals surface area contributed by atoms with Gasteiger partial charge in [-0.05, 0) is 17.5 Å². The molecular formula is C13H18F2N2. The monoisotopic (exact) mass is 240 g/mol. The molecule has 0 radical (unpaired) electrons. The number of aryl methyl sites for hydroxylation is 1. The van der Waals surface area contributed by atoms with E-state index in [0.29, 0.717) is 5.56 Å². The summed E-state index contributed by atoms with van der Waals surface area (Å²) in [6.07, 6.45) is -1.44. The van der Waals surface area contributed by atoms with E-state index in [9.17, 15) is 8.78 Å². The van der Waals surface area contributed by atoms with Crippen molar-refractivity contribution in [3.05, 3.63) is 35.4 Å². The molecule has 0 bridgehead atoms. The normalized spacial score (nSPS) is 18.1. The number of rotatable bonds is 5. The second-order valence-corrected chi connectivity index (χ2v) is 4.43. The lowest BCUT2D eigenvalue weighted by atomic mass is 10.0. The second kappa shape index (κ2) is 5.56. The van der Waals surface area contributed by atoms with Crippen LogP contribution in [0, 0.1) is 0 Å². The molecular weight excluding hydrogens is 222 g/mol. The van der Waals surface area contributed by atoms with Gasteiger partial charge in [-0.3, -0.25) is 5.32 Å². The van der Waals surface area contributed by atoms with Crippen LogP contribution in [0.5, 0.6) is 0 Å². The fourth-order valence-corrected chi connectivity index (χ4v) is 1.94. The van der Waals surface area contributed by atoms with E-state index in [1.807, 2.05) is 12.1 Å². The molecule has 4 heteroatoms. The van der Waals surface area contributed by atoms with Gasteiger partial charge in [-0.25, -0.2) is 8.78 Å². The first-order valence-corrected chi connectivity index (χ1v) is 6.04. The third kappa shape index (κ3) is 3.01. The standard InChI is InChI=1S/C13H18F2N2/c1-2-9-3-5-10(6-4-9)12(13(14)15)17-11-7-16-8-11/h3-6,11-13,16-17H,2,7-8H2,1H3. The third-order valence-electron chi connectivity index (χ3n) is 3.20. The molecule has 2 rings (SSSR count). The van der Waals surface area contributed by atoms with Crippen LogP contribution in [0.4, 0.5) is 8.78 Å². The molecule has 2 nitrogen and oxygen atoms in total. The lowest BCUT2D eigenvalue weighted by molar-refractivity contribution is 0.0868. The molecule has 1 aromatic carbocycles. The molecule has 2 N–H and O–H groups in total. The number of hydrogen-bond donors (Lipinski definition) is 2. The molecule has 17 heavy (non-hydrogen) atoms. The molecule has 1 saturated heterocycles. The molecule has 0 saturated carbocycles. The molecule has 1 fully saturated rings. The summed E-state index contributed by atoms with van der Waals surface area (Å²) in [5.74, 6) is 0. The molecule has 1 atom stereocenters. The van der Waals surface area contributed by atoms with Gasteiger partial charge in [0, 0.05) is 19.1 Å². The maximum atomic E-state index is 13.0. The molecule has 1 aromatic rings. The number of alkyl halides is 2. The van der Waals surface area contributed by atoms with Crippen LogP contribution in [0.15, 0.2) is 24.3 Å². The van der Waals surface area contributed by atoms with E-state index in [4.69, 9.17) is 0 Å². The van der Waals surface area contributed by atoms with Crippen molar-refractivity contribution in [3.8, 4) is 0 Å². The van der Waals surface area contributed by atoms with Crippen molar-refractivity contribution in [2.75, 3.05) is 13.1 Å². The van der Waals surface area contributed by atoms with E-state index in [-0.39, 0.29) is 6.04 Å². The van der Waals surface area contributed by atoms with E-state index >= 15 is 0 Å². The highest BCUT2D eigenvalue weighted by Gasteiger charge is 2.27. The van der Waals surface area contributed by atoms with Gasteiger partial charge >= 0.3 is 0 Å². The van der Waals surface area contributed by atoms with Crippen molar-refractivity contribution in [3.63, 3.8) is 0 Å². The minimum Gasteiger partial charge on any atom is -0.314 e. The number of halogens is 2. The maximum absolute atomic E-state index is 13.0. The van der Waals surface area contributed by atoms with Crippen LogP contribution in [0.25, 0.3) is 0 Å². The van der Waals surface area contributed by atoms with Crippen LogP contribution in [0.1, 0.15) is 24.1 Å². The van der Waals surface area contributed by atoms with Gasteiger partial charge in [-0.1, -0.05) is 31.2 Å². The molecule has 0 amide bonds. The van der Waals surface area contributed by atoms with E-state index in [1.54, 1.807) is 12.1 Å². The van der Waals surface area contributed by atoms with Crippen LogP contribution < -0.4 is 10.6 Å². The highest BCUT2D eigenvalue weighted by atomic mass is 19.3.